The van der Waals surface area contributed by atoms with Crippen molar-refractivity contribution in [3.05, 3.63) is 68.7 Å². The van der Waals surface area contributed by atoms with Crippen molar-refractivity contribution in [2.45, 2.75) is 6.42 Å². The third kappa shape index (κ3) is 5.39. The molecule has 0 heterocycles. The lowest BCUT2D eigenvalue weighted by Gasteiger charge is -2.17. The van der Waals surface area contributed by atoms with Crippen LogP contribution in [0.4, 0.5) is 11.4 Å². The van der Waals surface area contributed by atoms with E-state index in [4.69, 9.17) is 0 Å². The Morgan fingerprint density at radius 1 is 1.16 bits per heavy atom. The van der Waals surface area contributed by atoms with Gasteiger partial charge in [0.15, 0.2) is 0 Å². The summed E-state index contributed by atoms with van der Waals surface area (Å²) in [6.07, 6.45) is 0.0663. The zero-order chi connectivity index (χ0) is 18.4. The molecule has 0 aliphatic rings. The van der Waals surface area contributed by atoms with Gasteiger partial charge in [0.1, 0.15) is 0 Å². The maximum atomic E-state index is 12.2. The van der Waals surface area contributed by atoms with Crippen LogP contribution in [0.25, 0.3) is 0 Å². The summed E-state index contributed by atoms with van der Waals surface area (Å²) in [6, 6.07) is 12.9. The summed E-state index contributed by atoms with van der Waals surface area (Å²) < 4.78 is 0.753. The van der Waals surface area contributed by atoms with Crippen molar-refractivity contribution in [1.29, 1.82) is 0 Å². The van der Waals surface area contributed by atoms with E-state index in [1.807, 2.05) is 6.07 Å². The predicted octanol–water partition coefficient (Wildman–Crippen LogP) is 3.00. The Morgan fingerprint density at radius 2 is 1.80 bits per heavy atom. The van der Waals surface area contributed by atoms with Crippen LogP contribution in [-0.4, -0.2) is 35.2 Å². The molecule has 1 N–H and O–H groups in total. The fourth-order valence-corrected chi connectivity index (χ4v) is 2.48. The molecule has 0 saturated carbocycles. The van der Waals surface area contributed by atoms with E-state index in [1.165, 1.54) is 36.2 Å². The summed E-state index contributed by atoms with van der Waals surface area (Å²) in [4.78, 5) is 35.7. The third-order valence-corrected chi connectivity index (χ3v) is 4.15. The van der Waals surface area contributed by atoms with Crippen LogP contribution in [0.3, 0.4) is 0 Å². The molecule has 0 unspecified atom stereocenters. The number of non-ortho nitro benzene ring substituents is 1. The molecule has 2 amide bonds. The number of benzene rings is 2. The number of carbonyl (C=O) groups is 2. The molecule has 2 aromatic rings. The number of anilines is 1. The fraction of sp³-hybridized carbons (Fsp3) is 0.176. The average molecular weight is 406 g/mol. The molecule has 0 bridgehead atoms. The monoisotopic (exact) mass is 405 g/mol. The van der Waals surface area contributed by atoms with Gasteiger partial charge in [-0.15, -0.1) is 0 Å². The minimum absolute atomic E-state index is 0.0302. The zero-order valence-corrected chi connectivity index (χ0v) is 15.0. The van der Waals surface area contributed by atoms with Crippen LogP contribution in [0.15, 0.2) is 53.0 Å². The minimum Gasteiger partial charge on any atom is -0.336 e. The van der Waals surface area contributed by atoms with Crippen LogP contribution < -0.4 is 5.32 Å². The van der Waals surface area contributed by atoms with Gasteiger partial charge in [-0.25, -0.2) is 0 Å². The van der Waals surface area contributed by atoms with Gasteiger partial charge in [0.2, 0.25) is 11.8 Å². The van der Waals surface area contributed by atoms with Crippen molar-refractivity contribution in [3.63, 3.8) is 0 Å². The Balaban J connectivity index is 1.90. The van der Waals surface area contributed by atoms with Crippen molar-refractivity contribution in [1.82, 2.24) is 4.90 Å². The SMILES string of the molecule is CN(CC(=O)Nc1ccccc1Br)C(=O)Cc1ccc([N+](=O)[O-])cc1. The first-order valence-corrected chi connectivity index (χ1v) is 8.18. The molecule has 8 heteroatoms. The van der Waals surface area contributed by atoms with Crippen molar-refractivity contribution in [2.75, 3.05) is 18.9 Å². The maximum absolute atomic E-state index is 12.2. The molecule has 2 rings (SSSR count). The van der Waals surface area contributed by atoms with Crippen molar-refractivity contribution in [3.8, 4) is 0 Å². The molecule has 0 saturated heterocycles. The molecule has 0 aliphatic heterocycles. The number of nitrogens with zero attached hydrogens (tertiary/aromatic N) is 2. The minimum atomic E-state index is -0.496. The fourth-order valence-electron chi connectivity index (χ4n) is 2.10. The second kappa shape index (κ2) is 8.39. The first-order valence-electron chi connectivity index (χ1n) is 7.38. The number of amides is 2. The van der Waals surface area contributed by atoms with Gasteiger partial charge in [-0.3, -0.25) is 19.7 Å². The number of rotatable bonds is 6. The van der Waals surface area contributed by atoms with Gasteiger partial charge in [-0.05, 0) is 33.6 Å². The summed E-state index contributed by atoms with van der Waals surface area (Å²) in [6.45, 7) is -0.0901. The zero-order valence-electron chi connectivity index (χ0n) is 13.4. The van der Waals surface area contributed by atoms with Crippen LogP contribution in [-0.2, 0) is 16.0 Å². The number of nitro groups is 1. The molecular formula is C17H16BrN3O4. The van der Waals surface area contributed by atoms with E-state index >= 15 is 0 Å². The number of halogens is 1. The highest BCUT2D eigenvalue weighted by Gasteiger charge is 2.15. The van der Waals surface area contributed by atoms with Gasteiger partial charge in [-0.1, -0.05) is 24.3 Å². The lowest BCUT2D eigenvalue weighted by molar-refractivity contribution is -0.384. The van der Waals surface area contributed by atoms with Gasteiger partial charge in [0.25, 0.3) is 5.69 Å². The number of para-hydroxylation sites is 1. The van der Waals surface area contributed by atoms with E-state index < -0.39 is 4.92 Å². The lowest BCUT2D eigenvalue weighted by atomic mass is 10.1. The van der Waals surface area contributed by atoms with Gasteiger partial charge >= 0.3 is 0 Å². The van der Waals surface area contributed by atoms with E-state index in [9.17, 15) is 19.7 Å². The van der Waals surface area contributed by atoms with E-state index in [0.29, 0.717) is 11.3 Å². The van der Waals surface area contributed by atoms with E-state index in [2.05, 4.69) is 21.2 Å². The Bertz CT molecular complexity index is 793. The number of likely N-dealkylation sites (N-methyl/N-ethyl adjacent to an activating group) is 1. The third-order valence-electron chi connectivity index (χ3n) is 3.46. The van der Waals surface area contributed by atoms with Crippen molar-refractivity contribution >= 4 is 39.1 Å². The summed E-state index contributed by atoms with van der Waals surface area (Å²) >= 11 is 3.34. The standard InChI is InChI=1S/C17H16BrN3O4/c1-20(11-16(22)19-15-5-3-2-4-14(15)18)17(23)10-12-6-8-13(9-7-12)21(24)25/h2-9H,10-11H2,1H3,(H,19,22). The number of hydrogen-bond donors (Lipinski definition) is 1. The van der Waals surface area contributed by atoms with Crippen LogP contribution >= 0.6 is 15.9 Å². The molecule has 0 aromatic heterocycles. The Kier molecular flexibility index (Phi) is 6.24. The van der Waals surface area contributed by atoms with Crippen LogP contribution in [0.5, 0.6) is 0 Å². The molecular weight excluding hydrogens is 390 g/mol. The van der Waals surface area contributed by atoms with Crippen molar-refractivity contribution < 1.29 is 14.5 Å². The first-order chi connectivity index (χ1) is 11.9. The quantitative estimate of drug-likeness (QED) is 0.590. The molecule has 0 atom stereocenters. The second-order valence-electron chi connectivity index (χ2n) is 5.38. The van der Waals surface area contributed by atoms with Crippen molar-refractivity contribution in [2.24, 2.45) is 0 Å². The molecule has 7 nitrogen and oxygen atoms in total. The molecule has 25 heavy (non-hydrogen) atoms. The smallest absolute Gasteiger partial charge is 0.269 e. The summed E-state index contributed by atoms with van der Waals surface area (Å²) in [7, 11) is 1.54. The average Bonchev–Trinajstić information content (AvgIpc) is 2.57. The molecule has 0 radical (unpaired) electrons. The highest BCUT2D eigenvalue weighted by molar-refractivity contribution is 9.10. The van der Waals surface area contributed by atoms with Crippen LogP contribution in [0, 0.1) is 10.1 Å². The number of nitro benzene ring substituents is 1. The second-order valence-corrected chi connectivity index (χ2v) is 6.23. The Morgan fingerprint density at radius 3 is 2.40 bits per heavy atom. The molecule has 2 aromatic carbocycles. The molecule has 0 spiro atoms. The Hall–Kier alpha value is -2.74. The van der Waals surface area contributed by atoms with Gasteiger partial charge in [-0.2, -0.15) is 0 Å². The molecule has 0 aliphatic carbocycles. The summed E-state index contributed by atoms with van der Waals surface area (Å²) in [5.74, 6) is -0.567. The highest BCUT2D eigenvalue weighted by Crippen LogP contribution is 2.21. The normalized spacial score (nSPS) is 10.2. The molecule has 0 fully saturated rings. The van der Waals surface area contributed by atoms with E-state index in [-0.39, 0.29) is 30.5 Å². The summed E-state index contributed by atoms with van der Waals surface area (Å²) in [5, 5.41) is 13.3. The highest BCUT2D eigenvalue weighted by atomic mass is 79.9. The van der Waals surface area contributed by atoms with Crippen LogP contribution in [0.1, 0.15) is 5.56 Å². The lowest BCUT2D eigenvalue weighted by Crippen LogP contribution is -2.35. The predicted molar refractivity (Wildman–Crippen MR) is 97.2 cm³/mol. The van der Waals surface area contributed by atoms with Gasteiger partial charge < -0.3 is 10.2 Å². The van der Waals surface area contributed by atoms with E-state index in [0.717, 1.165) is 4.47 Å². The summed E-state index contributed by atoms with van der Waals surface area (Å²) in [5.41, 5.74) is 1.25. The maximum Gasteiger partial charge on any atom is 0.269 e. The first kappa shape index (κ1) is 18.6. The number of nitrogens with one attached hydrogen (secondary N) is 1. The van der Waals surface area contributed by atoms with Gasteiger partial charge in [0, 0.05) is 23.7 Å². The van der Waals surface area contributed by atoms with Crippen LogP contribution in [0.2, 0.25) is 0 Å². The topological polar surface area (TPSA) is 92.6 Å². The van der Waals surface area contributed by atoms with E-state index in [1.54, 1.807) is 18.2 Å². The molecule has 130 valence electrons. The number of hydrogen-bond acceptors (Lipinski definition) is 4. The Labute approximate surface area is 152 Å². The van der Waals surface area contributed by atoms with Gasteiger partial charge in [0.05, 0.1) is 23.6 Å². The largest absolute Gasteiger partial charge is 0.336 e. The number of carbonyl (C=O) groups excluding carboxylic acids is 2.